The lowest BCUT2D eigenvalue weighted by Crippen LogP contribution is -2.03. The standard InChI is InChI=1S/C4H9N.C2H2N2O/c1-2-4-5-3-1;1-3-2-5-4-1/h5H,1-4H2;1-2H. The van der Waals surface area contributed by atoms with Gasteiger partial charge in [0.15, 0.2) is 6.33 Å². The predicted molar refractivity (Wildman–Crippen MR) is 36.4 cm³/mol. The van der Waals surface area contributed by atoms with Gasteiger partial charge in [-0.05, 0) is 25.9 Å². The number of rotatable bonds is 0. The Morgan fingerprint density at radius 3 is 2.30 bits per heavy atom. The van der Waals surface area contributed by atoms with Gasteiger partial charge in [-0.1, -0.05) is 5.16 Å². The van der Waals surface area contributed by atoms with Gasteiger partial charge < -0.3 is 9.84 Å². The highest BCUT2D eigenvalue weighted by Crippen LogP contribution is 1.90. The zero-order valence-corrected chi connectivity index (χ0v) is 5.79. The number of nitrogens with zero attached hydrogens (tertiary/aromatic N) is 2. The summed E-state index contributed by atoms with van der Waals surface area (Å²) in [5.41, 5.74) is 0. The largest absolute Gasteiger partial charge is 0.343 e. The molecule has 4 heteroatoms. The molecule has 0 atom stereocenters. The van der Waals surface area contributed by atoms with Crippen molar-refractivity contribution in [2.45, 2.75) is 12.8 Å². The molecule has 0 spiro atoms. The second-order valence-electron chi connectivity index (χ2n) is 2.04. The molecule has 0 aliphatic carbocycles. The van der Waals surface area contributed by atoms with Crippen LogP contribution in [0.4, 0.5) is 0 Å². The summed E-state index contributed by atoms with van der Waals surface area (Å²) in [6.45, 7) is 2.50. The molecule has 0 saturated carbocycles. The van der Waals surface area contributed by atoms with E-state index >= 15 is 0 Å². The summed E-state index contributed by atoms with van der Waals surface area (Å²) in [5, 5.41) is 6.46. The molecule has 0 bridgehead atoms. The third kappa shape index (κ3) is 3.19. The molecule has 1 N–H and O–H groups in total. The van der Waals surface area contributed by atoms with E-state index in [0.29, 0.717) is 0 Å². The number of aromatic nitrogens is 2. The van der Waals surface area contributed by atoms with Crippen LogP contribution in [0, 0.1) is 0 Å². The minimum absolute atomic E-state index is 1.25. The average Bonchev–Trinajstić information content (AvgIpc) is 2.67. The zero-order chi connectivity index (χ0) is 7.07. The lowest BCUT2D eigenvalue weighted by molar-refractivity contribution is 0.416. The predicted octanol–water partition coefficient (Wildman–Crippen LogP) is 0.439. The van der Waals surface area contributed by atoms with Gasteiger partial charge in [-0.3, -0.25) is 0 Å². The minimum atomic E-state index is 1.25. The van der Waals surface area contributed by atoms with Gasteiger partial charge in [0.1, 0.15) is 0 Å². The molecule has 0 radical (unpaired) electrons. The Labute approximate surface area is 59.6 Å². The zero-order valence-electron chi connectivity index (χ0n) is 5.79. The fraction of sp³-hybridized carbons (Fsp3) is 0.667. The van der Waals surface area contributed by atoms with Crippen LogP contribution < -0.4 is 5.32 Å². The summed E-state index contributed by atoms with van der Waals surface area (Å²) >= 11 is 0. The minimum Gasteiger partial charge on any atom is -0.343 e. The van der Waals surface area contributed by atoms with E-state index in [-0.39, 0.29) is 0 Å². The van der Waals surface area contributed by atoms with E-state index in [1.807, 2.05) is 0 Å². The number of hydrogen-bond acceptors (Lipinski definition) is 4. The van der Waals surface area contributed by atoms with Gasteiger partial charge in [-0.2, -0.15) is 0 Å². The van der Waals surface area contributed by atoms with Crippen molar-refractivity contribution in [3.8, 4) is 0 Å². The quantitative estimate of drug-likeness (QED) is 0.569. The first-order valence-corrected chi connectivity index (χ1v) is 3.40. The normalized spacial score (nSPS) is 16.0. The Hall–Kier alpha value is -0.900. The van der Waals surface area contributed by atoms with Gasteiger partial charge in [0.05, 0.1) is 0 Å². The molecular formula is C6H11N3O. The van der Waals surface area contributed by atoms with E-state index in [9.17, 15) is 0 Å². The molecule has 1 fully saturated rings. The molecule has 0 aromatic carbocycles. The maximum atomic E-state index is 4.22. The van der Waals surface area contributed by atoms with Crippen molar-refractivity contribution in [1.29, 1.82) is 0 Å². The van der Waals surface area contributed by atoms with Gasteiger partial charge in [-0.15, -0.1) is 0 Å². The maximum Gasteiger partial charge on any atom is 0.213 e. The fourth-order valence-corrected chi connectivity index (χ4v) is 0.761. The van der Waals surface area contributed by atoms with Crippen LogP contribution in [0.15, 0.2) is 17.2 Å². The van der Waals surface area contributed by atoms with E-state index in [0.717, 1.165) is 0 Å². The summed E-state index contributed by atoms with van der Waals surface area (Å²) < 4.78 is 4.22. The molecule has 0 amide bonds. The lowest BCUT2D eigenvalue weighted by atomic mass is 10.4. The third-order valence-electron chi connectivity index (χ3n) is 1.24. The molecule has 1 aromatic heterocycles. The smallest absolute Gasteiger partial charge is 0.213 e. The Kier molecular flexibility index (Phi) is 3.56. The van der Waals surface area contributed by atoms with Crippen molar-refractivity contribution >= 4 is 0 Å². The fourth-order valence-electron chi connectivity index (χ4n) is 0.761. The van der Waals surface area contributed by atoms with E-state index in [4.69, 9.17) is 0 Å². The lowest BCUT2D eigenvalue weighted by Gasteiger charge is -1.76. The number of nitrogens with one attached hydrogen (secondary N) is 1. The molecule has 1 aliphatic heterocycles. The van der Waals surface area contributed by atoms with E-state index in [1.54, 1.807) is 0 Å². The van der Waals surface area contributed by atoms with E-state index in [2.05, 4.69) is 20.0 Å². The Morgan fingerprint density at radius 1 is 1.30 bits per heavy atom. The van der Waals surface area contributed by atoms with Crippen LogP contribution in [-0.2, 0) is 0 Å². The SMILES string of the molecule is C1CCNC1.c1ncon1. The molecule has 56 valence electrons. The van der Waals surface area contributed by atoms with Crippen molar-refractivity contribution in [3.05, 3.63) is 12.7 Å². The first-order chi connectivity index (χ1) is 5.00. The van der Waals surface area contributed by atoms with Crippen LogP contribution in [-0.4, -0.2) is 23.2 Å². The van der Waals surface area contributed by atoms with E-state index in [1.165, 1.54) is 38.7 Å². The van der Waals surface area contributed by atoms with Gasteiger partial charge in [-0.25, -0.2) is 4.98 Å². The van der Waals surface area contributed by atoms with Crippen LogP contribution in [0.2, 0.25) is 0 Å². The topological polar surface area (TPSA) is 51.0 Å². The Morgan fingerprint density at radius 2 is 2.10 bits per heavy atom. The monoisotopic (exact) mass is 141 g/mol. The van der Waals surface area contributed by atoms with Crippen molar-refractivity contribution in [3.63, 3.8) is 0 Å². The highest BCUT2D eigenvalue weighted by Gasteiger charge is 1.93. The summed E-state index contributed by atoms with van der Waals surface area (Å²) in [6.07, 6.45) is 5.38. The van der Waals surface area contributed by atoms with Crippen LogP contribution in [0.3, 0.4) is 0 Å². The molecule has 1 aromatic rings. The second kappa shape index (κ2) is 4.93. The van der Waals surface area contributed by atoms with Crippen molar-refractivity contribution in [2.24, 2.45) is 0 Å². The average molecular weight is 141 g/mol. The van der Waals surface area contributed by atoms with Crippen LogP contribution in [0.5, 0.6) is 0 Å². The molecular weight excluding hydrogens is 130 g/mol. The van der Waals surface area contributed by atoms with Gasteiger partial charge in [0.2, 0.25) is 6.39 Å². The maximum absolute atomic E-state index is 4.22. The van der Waals surface area contributed by atoms with Crippen LogP contribution in [0.1, 0.15) is 12.8 Å². The van der Waals surface area contributed by atoms with Gasteiger partial charge >= 0.3 is 0 Å². The van der Waals surface area contributed by atoms with Gasteiger partial charge in [0, 0.05) is 0 Å². The van der Waals surface area contributed by atoms with Crippen molar-refractivity contribution in [1.82, 2.24) is 15.5 Å². The first kappa shape index (κ1) is 7.21. The highest BCUT2D eigenvalue weighted by molar-refractivity contribution is 4.55. The molecule has 4 nitrogen and oxygen atoms in total. The number of hydrogen-bond donors (Lipinski definition) is 1. The highest BCUT2D eigenvalue weighted by atomic mass is 16.5. The molecule has 1 saturated heterocycles. The summed E-state index contributed by atoms with van der Waals surface area (Å²) in [7, 11) is 0. The van der Waals surface area contributed by atoms with Crippen LogP contribution >= 0.6 is 0 Å². The molecule has 1 aliphatic rings. The first-order valence-electron chi connectivity index (χ1n) is 3.40. The molecule has 0 unspecified atom stereocenters. The third-order valence-corrected chi connectivity index (χ3v) is 1.24. The van der Waals surface area contributed by atoms with E-state index < -0.39 is 0 Å². The van der Waals surface area contributed by atoms with Crippen molar-refractivity contribution < 1.29 is 4.52 Å². The molecule has 2 rings (SSSR count). The van der Waals surface area contributed by atoms with Crippen molar-refractivity contribution in [2.75, 3.05) is 13.1 Å². The Bertz CT molecular complexity index is 112. The summed E-state index contributed by atoms with van der Waals surface area (Å²) in [6, 6.07) is 0. The second-order valence-corrected chi connectivity index (χ2v) is 2.04. The molecule has 2 heterocycles. The summed E-state index contributed by atoms with van der Waals surface area (Å²) in [4.78, 5) is 3.44. The molecule has 10 heavy (non-hydrogen) atoms. The Balaban J connectivity index is 0.0000001000. The summed E-state index contributed by atoms with van der Waals surface area (Å²) in [5.74, 6) is 0. The van der Waals surface area contributed by atoms with Crippen LogP contribution in [0.25, 0.3) is 0 Å². The van der Waals surface area contributed by atoms with Gasteiger partial charge in [0.25, 0.3) is 0 Å².